The first-order valence-corrected chi connectivity index (χ1v) is 5.69. The number of amides is 1. The second kappa shape index (κ2) is 4.65. The molecule has 2 N–H and O–H groups in total. The van der Waals surface area contributed by atoms with Crippen LogP contribution in [0.1, 0.15) is 18.5 Å². The quantitative estimate of drug-likeness (QED) is 0.773. The lowest BCUT2D eigenvalue weighted by Crippen LogP contribution is -2.34. The SMILES string of the molecule is Cc1cc(NC(=O)C2CCNCC2)n(C)n1. The van der Waals surface area contributed by atoms with Crippen LogP contribution in [-0.4, -0.2) is 28.8 Å². The first-order valence-electron chi connectivity index (χ1n) is 5.69. The van der Waals surface area contributed by atoms with E-state index >= 15 is 0 Å². The lowest BCUT2D eigenvalue weighted by molar-refractivity contribution is -0.120. The number of aryl methyl sites for hydroxylation is 2. The van der Waals surface area contributed by atoms with Crippen molar-refractivity contribution in [3.8, 4) is 0 Å². The summed E-state index contributed by atoms with van der Waals surface area (Å²) in [5, 5.41) is 10.4. The van der Waals surface area contributed by atoms with E-state index in [-0.39, 0.29) is 11.8 Å². The van der Waals surface area contributed by atoms with Crippen molar-refractivity contribution in [2.24, 2.45) is 13.0 Å². The van der Waals surface area contributed by atoms with E-state index in [1.54, 1.807) is 4.68 Å². The number of piperidine rings is 1. The van der Waals surface area contributed by atoms with Crippen molar-refractivity contribution < 1.29 is 4.79 Å². The van der Waals surface area contributed by atoms with E-state index in [9.17, 15) is 4.79 Å². The molecule has 0 atom stereocenters. The molecular weight excluding hydrogens is 204 g/mol. The van der Waals surface area contributed by atoms with Crippen LogP contribution < -0.4 is 10.6 Å². The largest absolute Gasteiger partial charge is 0.317 e. The van der Waals surface area contributed by atoms with E-state index in [2.05, 4.69) is 15.7 Å². The fraction of sp³-hybridized carbons (Fsp3) is 0.636. The molecule has 0 bridgehead atoms. The average molecular weight is 222 g/mol. The van der Waals surface area contributed by atoms with E-state index in [1.807, 2.05) is 20.0 Å². The number of carbonyl (C=O) groups is 1. The summed E-state index contributed by atoms with van der Waals surface area (Å²) >= 11 is 0. The van der Waals surface area contributed by atoms with Gasteiger partial charge < -0.3 is 10.6 Å². The second-order valence-corrected chi connectivity index (χ2v) is 4.31. The maximum Gasteiger partial charge on any atom is 0.228 e. The molecule has 1 aromatic heterocycles. The van der Waals surface area contributed by atoms with Crippen molar-refractivity contribution in [3.05, 3.63) is 11.8 Å². The summed E-state index contributed by atoms with van der Waals surface area (Å²) in [5.41, 5.74) is 0.920. The topological polar surface area (TPSA) is 59.0 Å². The number of hydrogen-bond donors (Lipinski definition) is 2. The Balaban J connectivity index is 1.98. The minimum absolute atomic E-state index is 0.115. The average Bonchev–Trinajstić information content (AvgIpc) is 2.59. The molecule has 88 valence electrons. The Morgan fingerprint density at radius 1 is 1.56 bits per heavy atom. The van der Waals surface area contributed by atoms with Gasteiger partial charge in [-0.3, -0.25) is 9.48 Å². The van der Waals surface area contributed by atoms with Gasteiger partial charge in [-0.1, -0.05) is 0 Å². The predicted octanol–water partition coefficient (Wildman–Crippen LogP) is 0.667. The van der Waals surface area contributed by atoms with Gasteiger partial charge in [0.1, 0.15) is 5.82 Å². The summed E-state index contributed by atoms with van der Waals surface area (Å²) in [6.07, 6.45) is 1.84. The van der Waals surface area contributed by atoms with E-state index in [0.717, 1.165) is 37.4 Å². The highest BCUT2D eigenvalue weighted by Gasteiger charge is 2.21. The Hall–Kier alpha value is -1.36. The van der Waals surface area contributed by atoms with Crippen LogP contribution >= 0.6 is 0 Å². The minimum Gasteiger partial charge on any atom is -0.317 e. The number of rotatable bonds is 2. The van der Waals surface area contributed by atoms with Gasteiger partial charge in [-0.25, -0.2) is 0 Å². The molecule has 2 heterocycles. The van der Waals surface area contributed by atoms with Crippen molar-refractivity contribution in [2.45, 2.75) is 19.8 Å². The molecule has 0 spiro atoms. The van der Waals surface area contributed by atoms with Gasteiger partial charge in [0.25, 0.3) is 0 Å². The molecule has 1 aliphatic rings. The third kappa shape index (κ3) is 2.41. The number of carbonyl (C=O) groups excluding carboxylic acids is 1. The number of hydrogen-bond acceptors (Lipinski definition) is 3. The molecule has 1 saturated heterocycles. The van der Waals surface area contributed by atoms with Gasteiger partial charge in [0, 0.05) is 19.0 Å². The van der Waals surface area contributed by atoms with Gasteiger partial charge in [-0.05, 0) is 32.9 Å². The van der Waals surface area contributed by atoms with E-state index in [1.165, 1.54) is 0 Å². The van der Waals surface area contributed by atoms with Crippen LogP contribution in [0.4, 0.5) is 5.82 Å². The first kappa shape index (κ1) is 11.1. The molecule has 1 aliphatic heterocycles. The van der Waals surface area contributed by atoms with Crippen LogP contribution in [0.3, 0.4) is 0 Å². The monoisotopic (exact) mass is 222 g/mol. The summed E-state index contributed by atoms with van der Waals surface area (Å²) in [7, 11) is 1.84. The third-order valence-electron chi connectivity index (χ3n) is 2.96. The van der Waals surface area contributed by atoms with Crippen molar-refractivity contribution >= 4 is 11.7 Å². The third-order valence-corrected chi connectivity index (χ3v) is 2.96. The van der Waals surface area contributed by atoms with E-state index < -0.39 is 0 Å². The molecule has 1 fully saturated rings. The van der Waals surface area contributed by atoms with Crippen molar-refractivity contribution in [1.29, 1.82) is 0 Å². The Bertz CT molecular complexity index is 379. The lowest BCUT2D eigenvalue weighted by atomic mass is 9.97. The zero-order valence-corrected chi connectivity index (χ0v) is 9.79. The highest BCUT2D eigenvalue weighted by Crippen LogP contribution is 2.15. The molecule has 0 unspecified atom stereocenters. The van der Waals surface area contributed by atoms with Crippen LogP contribution in [0.5, 0.6) is 0 Å². The molecular formula is C11H18N4O. The minimum atomic E-state index is 0.115. The van der Waals surface area contributed by atoms with Crippen LogP contribution in [0, 0.1) is 12.8 Å². The summed E-state index contributed by atoms with van der Waals surface area (Å²) in [4.78, 5) is 11.9. The molecule has 0 saturated carbocycles. The number of aromatic nitrogens is 2. The predicted molar refractivity (Wildman–Crippen MR) is 62.2 cm³/mol. The van der Waals surface area contributed by atoms with E-state index in [4.69, 9.17) is 0 Å². The zero-order chi connectivity index (χ0) is 11.5. The van der Waals surface area contributed by atoms with Gasteiger partial charge >= 0.3 is 0 Å². The van der Waals surface area contributed by atoms with Gasteiger partial charge in [0.2, 0.25) is 5.91 Å². The zero-order valence-electron chi connectivity index (χ0n) is 9.79. The molecule has 1 aromatic rings. The smallest absolute Gasteiger partial charge is 0.228 e. The molecule has 0 aromatic carbocycles. The molecule has 2 rings (SSSR count). The van der Waals surface area contributed by atoms with Crippen LogP contribution in [-0.2, 0) is 11.8 Å². The van der Waals surface area contributed by atoms with Crippen LogP contribution in [0.15, 0.2) is 6.07 Å². The lowest BCUT2D eigenvalue weighted by Gasteiger charge is -2.21. The molecule has 0 radical (unpaired) electrons. The fourth-order valence-corrected chi connectivity index (χ4v) is 2.04. The van der Waals surface area contributed by atoms with Gasteiger partial charge in [0.15, 0.2) is 0 Å². The van der Waals surface area contributed by atoms with E-state index in [0.29, 0.717) is 0 Å². The molecule has 1 amide bonds. The summed E-state index contributed by atoms with van der Waals surface area (Å²) in [6.45, 7) is 3.78. The maximum absolute atomic E-state index is 11.9. The Morgan fingerprint density at radius 2 is 2.25 bits per heavy atom. The first-order chi connectivity index (χ1) is 7.66. The molecule has 0 aliphatic carbocycles. The fourth-order valence-electron chi connectivity index (χ4n) is 2.04. The van der Waals surface area contributed by atoms with Gasteiger partial charge in [-0.2, -0.15) is 5.10 Å². The summed E-state index contributed by atoms with van der Waals surface area (Å²) < 4.78 is 1.70. The number of nitrogens with one attached hydrogen (secondary N) is 2. The van der Waals surface area contributed by atoms with Crippen molar-refractivity contribution in [1.82, 2.24) is 15.1 Å². The second-order valence-electron chi connectivity index (χ2n) is 4.31. The number of anilines is 1. The molecule has 5 heteroatoms. The van der Waals surface area contributed by atoms with Crippen LogP contribution in [0.25, 0.3) is 0 Å². The maximum atomic E-state index is 11.9. The van der Waals surface area contributed by atoms with Gasteiger partial charge in [0.05, 0.1) is 5.69 Å². The summed E-state index contributed by atoms with van der Waals surface area (Å²) in [6, 6.07) is 1.89. The molecule has 16 heavy (non-hydrogen) atoms. The standard InChI is InChI=1S/C11H18N4O/c1-8-7-10(15(2)14-8)13-11(16)9-3-5-12-6-4-9/h7,9,12H,3-6H2,1-2H3,(H,13,16). The highest BCUT2D eigenvalue weighted by molar-refractivity contribution is 5.91. The van der Waals surface area contributed by atoms with Crippen molar-refractivity contribution in [3.63, 3.8) is 0 Å². The van der Waals surface area contributed by atoms with Crippen molar-refractivity contribution in [2.75, 3.05) is 18.4 Å². The Morgan fingerprint density at radius 3 is 2.81 bits per heavy atom. The van der Waals surface area contributed by atoms with Gasteiger partial charge in [-0.15, -0.1) is 0 Å². The Kier molecular flexibility index (Phi) is 3.24. The highest BCUT2D eigenvalue weighted by atomic mass is 16.2. The molecule has 5 nitrogen and oxygen atoms in total. The summed E-state index contributed by atoms with van der Waals surface area (Å²) in [5.74, 6) is 1.03. The normalized spacial score (nSPS) is 17.4. The number of nitrogens with zero attached hydrogens (tertiary/aromatic N) is 2. The van der Waals surface area contributed by atoms with Crippen LogP contribution in [0.2, 0.25) is 0 Å². The Labute approximate surface area is 95.2 Å².